The van der Waals surface area contributed by atoms with Crippen LogP contribution < -0.4 is 15.8 Å². The highest BCUT2D eigenvalue weighted by molar-refractivity contribution is 5.66. The van der Waals surface area contributed by atoms with E-state index in [1.807, 2.05) is 0 Å². The summed E-state index contributed by atoms with van der Waals surface area (Å²) in [6.45, 7) is 0. The van der Waals surface area contributed by atoms with Crippen LogP contribution in [-0.4, -0.2) is 7.11 Å². The van der Waals surface area contributed by atoms with Crippen LogP contribution in [0.3, 0.4) is 0 Å². The summed E-state index contributed by atoms with van der Waals surface area (Å²) in [5, 5.41) is 2.87. The molecule has 2 rings (SSSR count). The number of benzene rings is 2. The van der Waals surface area contributed by atoms with E-state index in [9.17, 15) is 8.78 Å². The molecule has 0 fully saturated rings. The Hall–Kier alpha value is -2.30. The summed E-state index contributed by atoms with van der Waals surface area (Å²) in [7, 11) is 1.50. The molecule has 5 heteroatoms. The minimum Gasteiger partial charge on any atom is -0.495 e. The monoisotopic (exact) mass is 250 g/mol. The minimum atomic E-state index is -0.639. The Balaban J connectivity index is 2.28. The molecule has 0 aliphatic heterocycles. The maximum absolute atomic E-state index is 13.0. The number of nitrogens with one attached hydrogen (secondary N) is 1. The van der Waals surface area contributed by atoms with Gasteiger partial charge in [0.2, 0.25) is 0 Å². The van der Waals surface area contributed by atoms with Crippen molar-refractivity contribution >= 4 is 17.1 Å². The van der Waals surface area contributed by atoms with Crippen molar-refractivity contribution in [2.45, 2.75) is 0 Å². The average molecular weight is 250 g/mol. The molecule has 0 aliphatic rings. The summed E-state index contributed by atoms with van der Waals surface area (Å²) >= 11 is 0. The van der Waals surface area contributed by atoms with Crippen LogP contribution in [0, 0.1) is 11.6 Å². The lowest BCUT2D eigenvalue weighted by atomic mass is 10.2. The average Bonchev–Trinajstić information content (AvgIpc) is 2.30. The summed E-state index contributed by atoms with van der Waals surface area (Å²) in [6, 6.07) is 8.21. The van der Waals surface area contributed by atoms with E-state index < -0.39 is 11.6 Å². The molecule has 0 atom stereocenters. The van der Waals surface area contributed by atoms with E-state index in [-0.39, 0.29) is 0 Å². The zero-order valence-electron chi connectivity index (χ0n) is 9.71. The minimum absolute atomic E-state index is 0.319. The number of hydrogen-bond donors (Lipinski definition) is 2. The molecule has 2 aromatic carbocycles. The van der Waals surface area contributed by atoms with Gasteiger partial charge in [-0.1, -0.05) is 0 Å². The van der Waals surface area contributed by atoms with Gasteiger partial charge in [0.15, 0.2) is 0 Å². The van der Waals surface area contributed by atoms with E-state index in [1.165, 1.54) is 19.2 Å². The summed E-state index contributed by atoms with van der Waals surface area (Å²) in [6.07, 6.45) is 0. The normalized spacial score (nSPS) is 10.2. The lowest BCUT2D eigenvalue weighted by Crippen LogP contribution is -1.96. The second-order valence-corrected chi connectivity index (χ2v) is 3.74. The number of halogens is 2. The molecule has 0 aliphatic carbocycles. The fourth-order valence-electron chi connectivity index (χ4n) is 1.58. The van der Waals surface area contributed by atoms with E-state index >= 15 is 0 Å². The van der Waals surface area contributed by atoms with Gasteiger partial charge in [-0.2, -0.15) is 0 Å². The number of rotatable bonds is 3. The summed E-state index contributed by atoms with van der Waals surface area (Å²) in [5.74, 6) is -0.781. The number of anilines is 3. The Labute approximate surface area is 103 Å². The van der Waals surface area contributed by atoms with Crippen molar-refractivity contribution in [2.75, 3.05) is 18.2 Å². The van der Waals surface area contributed by atoms with Crippen LogP contribution in [0.4, 0.5) is 25.8 Å². The lowest BCUT2D eigenvalue weighted by molar-refractivity contribution is 0.417. The zero-order chi connectivity index (χ0) is 13.1. The van der Waals surface area contributed by atoms with Gasteiger partial charge < -0.3 is 15.8 Å². The van der Waals surface area contributed by atoms with Crippen LogP contribution in [0.5, 0.6) is 5.75 Å². The second-order valence-electron chi connectivity index (χ2n) is 3.74. The van der Waals surface area contributed by atoms with Crippen molar-refractivity contribution in [1.82, 2.24) is 0 Å². The SMILES string of the molecule is COc1cc(Nc2cc(F)cc(F)c2)ccc1N. The first kappa shape index (κ1) is 12.2. The van der Waals surface area contributed by atoms with Gasteiger partial charge in [-0.05, 0) is 24.3 Å². The quantitative estimate of drug-likeness (QED) is 0.822. The molecular formula is C13H12F2N2O. The van der Waals surface area contributed by atoms with Crippen molar-refractivity contribution in [1.29, 1.82) is 0 Å². The molecule has 94 valence electrons. The van der Waals surface area contributed by atoms with Gasteiger partial charge in [0.05, 0.1) is 12.8 Å². The van der Waals surface area contributed by atoms with Crippen LogP contribution >= 0.6 is 0 Å². The first-order chi connectivity index (χ1) is 8.58. The van der Waals surface area contributed by atoms with Crippen molar-refractivity contribution in [2.24, 2.45) is 0 Å². The van der Waals surface area contributed by atoms with Crippen molar-refractivity contribution in [3.8, 4) is 5.75 Å². The van der Waals surface area contributed by atoms with E-state index in [0.29, 0.717) is 22.8 Å². The Kier molecular flexibility index (Phi) is 3.32. The van der Waals surface area contributed by atoms with E-state index in [2.05, 4.69) is 5.32 Å². The summed E-state index contributed by atoms with van der Waals surface area (Å²) in [4.78, 5) is 0. The van der Waals surface area contributed by atoms with Gasteiger partial charge in [0.1, 0.15) is 17.4 Å². The smallest absolute Gasteiger partial charge is 0.143 e. The molecule has 3 N–H and O–H groups in total. The van der Waals surface area contributed by atoms with Crippen molar-refractivity contribution < 1.29 is 13.5 Å². The Morgan fingerprint density at radius 1 is 1.00 bits per heavy atom. The third kappa shape index (κ3) is 2.68. The fraction of sp³-hybridized carbons (Fsp3) is 0.0769. The second kappa shape index (κ2) is 4.91. The van der Waals surface area contributed by atoms with Crippen LogP contribution in [0.25, 0.3) is 0 Å². The maximum atomic E-state index is 13.0. The Morgan fingerprint density at radius 2 is 1.67 bits per heavy atom. The number of nitrogens with two attached hydrogens (primary N) is 1. The molecule has 0 amide bonds. The van der Waals surface area contributed by atoms with E-state index in [4.69, 9.17) is 10.5 Å². The molecule has 0 radical (unpaired) electrons. The molecule has 0 bridgehead atoms. The van der Waals surface area contributed by atoms with Crippen molar-refractivity contribution in [3.63, 3.8) is 0 Å². The standard InChI is InChI=1S/C13H12F2N2O/c1-18-13-7-10(2-3-12(13)16)17-11-5-8(14)4-9(15)6-11/h2-7,17H,16H2,1H3. The first-order valence-corrected chi connectivity index (χ1v) is 5.25. The number of methoxy groups -OCH3 is 1. The molecule has 0 heterocycles. The predicted octanol–water partition coefficient (Wildman–Crippen LogP) is 3.30. The van der Waals surface area contributed by atoms with Gasteiger partial charge in [0.25, 0.3) is 0 Å². The van der Waals surface area contributed by atoms with Gasteiger partial charge >= 0.3 is 0 Å². The number of nitrogen functional groups attached to an aromatic ring is 1. The third-order valence-corrected chi connectivity index (χ3v) is 2.38. The largest absolute Gasteiger partial charge is 0.495 e. The van der Waals surface area contributed by atoms with E-state index in [0.717, 1.165) is 6.07 Å². The van der Waals surface area contributed by atoms with Crippen molar-refractivity contribution in [3.05, 3.63) is 48.0 Å². The third-order valence-electron chi connectivity index (χ3n) is 2.38. The summed E-state index contributed by atoms with van der Waals surface area (Å²) < 4.78 is 31.1. The molecule has 0 unspecified atom stereocenters. The first-order valence-electron chi connectivity index (χ1n) is 5.25. The predicted molar refractivity (Wildman–Crippen MR) is 67.0 cm³/mol. The Bertz CT molecular complexity index is 553. The molecule has 3 nitrogen and oxygen atoms in total. The van der Waals surface area contributed by atoms with Gasteiger partial charge in [-0.15, -0.1) is 0 Å². The molecule has 0 saturated carbocycles. The van der Waals surface area contributed by atoms with E-state index in [1.54, 1.807) is 18.2 Å². The van der Waals surface area contributed by atoms with Crippen LogP contribution in [-0.2, 0) is 0 Å². The highest BCUT2D eigenvalue weighted by atomic mass is 19.1. The molecule has 2 aromatic rings. The summed E-state index contributed by atoms with van der Waals surface area (Å²) in [5.41, 5.74) is 7.11. The number of ether oxygens (including phenoxy) is 1. The molecule has 0 saturated heterocycles. The highest BCUT2D eigenvalue weighted by Crippen LogP contribution is 2.27. The maximum Gasteiger partial charge on any atom is 0.143 e. The zero-order valence-corrected chi connectivity index (χ0v) is 9.71. The molecule has 0 aromatic heterocycles. The van der Waals surface area contributed by atoms with Gasteiger partial charge in [-0.25, -0.2) is 8.78 Å². The highest BCUT2D eigenvalue weighted by Gasteiger charge is 2.04. The van der Waals surface area contributed by atoms with Crippen LogP contribution in [0.15, 0.2) is 36.4 Å². The Morgan fingerprint density at radius 3 is 2.28 bits per heavy atom. The van der Waals surface area contributed by atoms with Crippen LogP contribution in [0.2, 0.25) is 0 Å². The molecule has 0 spiro atoms. The fourth-order valence-corrected chi connectivity index (χ4v) is 1.58. The molecular weight excluding hydrogens is 238 g/mol. The van der Waals surface area contributed by atoms with Crippen LogP contribution in [0.1, 0.15) is 0 Å². The molecule has 18 heavy (non-hydrogen) atoms. The number of hydrogen-bond acceptors (Lipinski definition) is 3. The topological polar surface area (TPSA) is 47.3 Å². The van der Waals surface area contributed by atoms with Gasteiger partial charge in [-0.3, -0.25) is 0 Å². The van der Waals surface area contributed by atoms with Gasteiger partial charge in [0, 0.05) is 23.5 Å². The lowest BCUT2D eigenvalue weighted by Gasteiger charge is -2.10.